The van der Waals surface area contributed by atoms with Crippen molar-refractivity contribution in [2.45, 2.75) is 25.3 Å². The minimum absolute atomic E-state index is 0.00533. The molecule has 1 aromatic heterocycles. The Bertz CT molecular complexity index is 971. The summed E-state index contributed by atoms with van der Waals surface area (Å²) in [6.07, 6.45) is 1.95. The number of carbonyl (C=O) groups is 2. The van der Waals surface area contributed by atoms with Crippen molar-refractivity contribution in [2.24, 2.45) is 0 Å². The average molecular weight is 421 g/mol. The van der Waals surface area contributed by atoms with E-state index in [9.17, 15) is 9.59 Å². The maximum absolute atomic E-state index is 12.4. The summed E-state index contributed by atoms with van der Waals surface area (Å²) in [5, 5.41) is 7.27. The summed E-state index contributed by atoms with van der Waals surface area (Å²) >= 11 is 1.74. The van der Waals surface area contributed by atoms with Crippen LogP contribution in [0.4, 0.5) is 11.4 Å². The predicted molar refractivity (Wildman–Crippen MR) is 121 cm³/mol. The van der Waals surface area contributed by atoms with Gasteiger partial charge in [0, 0.05) is 29.9 Å². The van der Waals surface area contributed by atoms with E-state index in [4.69, 9.17) is 0 Å². The van der Waals surface area contributed by atoms with Crippen LogP contribution in [0.2, 0.25) is 0 Å². The lowest BCUT2D eigenvalue weighted by Crippen LogP contribution is -2.85. The Kier molecular flexibility index (Phi) is 6.57. The topological polar surface area (TPSA) is 66.0 Å². The fourth-order valence-electron chi connectivity index (χ4n) is 3.80. The predicted octanol–water partition coefficient (Wildman–Crippen LogP) is 3.56. The highest BCUT2D eigenvalue weighted by atomic mass is 32.1. The number of anilines is 2. The summed E-state index contributed by atoms with van der Waals surface area (Å²) in [5.74, 6) is 0.162. The van der Waals surface area contributed by atoms with Crippen molar-refractivity contribution < 1.29 is 14.9 Å². The van der Waals surface area contributed by atoms with Gasteiger partial charge in [0.15, 0.2) is 0 Å². The fraction of sp³-hybridized carbons (Fsp3) is 0.250. The van der Waals surface area contributed by atoms with Crippen LogP contribution in [-0.2, 0) is 9.59 Å². The van der Waals surface area contributed by atoms with Crippen LogP contribution in [0.5, 0.6) is 0 Å². The molecule has 1 aliphatic rings. The van der Waals surface area contributed by atoms with E-state index < -0.39 is 0 Å². The van der Waals surface area contributed by atoms with Crippen molar-refractivity contribution in [2.75, 3.05) is 23.3 Å². The van der Waals surface area contributed by atoms with Gasteiger partial charge in [-0.05, 0) is 42.1 Å². The monoisotopic (exact) mass is 420 g/mol. The quantitative estimate of drug-likeness (QED) is 0.585. The maximum Gasteiger partial charge on any atom is 0.230 e. The van der Waals surface area contributed by atoms with Gasteiger partial charge in [-0.25, -0.2) is 0 Å². The highest BCUT2D eigenvalue weighted by Gasteiger charge is 2.21. The highest BCUT2D eigenvalue weighted by Crippen LogP contribution is 2.24. The van der Waals surface area contributed by atoms with Crippen LogP contribution in [0.25, 0.3) is 0 Å². The molecule has 2 aromatic carbocycles. The van der Waals surface area contributed by atoms with Gasteiger partial charge < -0.3 is 15.5 Å². The molecule has 3 aromatic rings. The molecule has 3 N–H and O–H groups in total. The lowest BCUT2D eigenvalue weighted by Gasteiger charge is -2.16. The second-order valence-electron chi connectivity index (χ2n) is 7.42. The zero-order valence-corrected chi connectivity index (χ0v) is 17.6. The number of nitrogens with zero attached hydrogens (tertiary/aromatic N) is 1. The van der Waals surface area contributed by atoms with E-state index in [0.29, 0.717) is 19.4 Å². The number of carbonyl (C=O) groups excluding carboxylic acids is 2. The van der Waals surface area contributed by atoms with Crippen LogP contribution in [-0.4, -0.2) is 24.9 Å². The molecule has 2 amide bonds. The lowest BCUT2D eigenvalue weighted by atomic mass is 10.1. The van der Waals surface area contributed by atoms with E-state index in [1.807, 2.05) is 30.3 Å². The van der Waals surface area contributed by atoms with E-state index in [2.05, 4.69) is 52.4 Å². The summed E-state index contributed by atoms with van der Waals surface area (Å²) in [4.78, 5) is 27.4. The third-order valence-electron chi connectivity index (χ3n) is 5.32. The summed E-state index contributed by atoms with van der Waals surface area (Å²) in [7, 11) is 0. The molecule has 0 aliphatic carbocycles. The van der Waals surface area contributed by atoms with Crippen molar-refractivity contribution in [3.8, 4) is 0 Å². The number of hydrogen-bond donors (Lipinski definition) is 2. The molecule has 1 saturated heterocycles. The second-order valence-corrected chi connectivity index (χ2v) is 8.40. The fourth-order valence-corrected chi connectivity index (χ4v) is 4.65. The molecule has 0 unspecified atom stereocenters. The molecule has 1 aliphatic heterocycles. The zero-order valence-electron chi connectivity index (χ0n) is 16.8. The molecule has 154 valence electrons. The number of nitrogens with one attached hydrogen (secondary N) is 1. The lowest BCUT2D eigenvalue weighted by molar-refractivity contribution is -0.685. The number of rotatable bonds is 8. The molecule has 0 saturated carbocycles. The maximum atomic E-state index is 12.4. The molecule has 0 spiro atoms. The Morgan fingerprint density at radius 1 is 1.07 bits per heavy atom. The van der Waals surface area contributed by atoms with Crippen LogP contribution in [0.3, 0.4) is 0 Å². The summed E-state index contributed by atoms with van der Waals surface area (Å²) in [6, 6.07) is 22.3. The number of benzene rings is 2. The van der Waals surface area contributed by atoms with Crippen molar-refractivity contribution in [1.29, 1.82) is 0 Å². The minimum Gasteiger partial charge on any atom is -0.335 e. The summed E-state index contributed by atoms with van der Waals surface area (Å²) in [5.41, 5.74) is 2.89. The van der Waals surface area contributed by atoms with Crippen LogP contribution in [0.15, 0.2) is 72.1 Å². The van der Waals surface area contributed by atoms with E-state index in [1.165, 1.54) is 10.4 Å². The largest absolute Gasteiger partial charge is 0.335 e. The van der Waals surface area contributed by atoms with Gasteiger partial charge in [-0.1, -0.05) is 36.4 Å². The first-order valence-corrected chi connectivity index (χ1v) is 11.2. The molecule has 1 fully saturated rings. The molecule has 0 radical (unpaired) electrons. The first-order chi connectivity index (χ1) is 14.7. The highest BCUT2D eigenvalue weighted by molar-refractivity contribution is 7.10. The first-order valence-electron chi connectivity index (χ1n) is 10.3. The standard InChI is InChI=1S/C24H25N3O2S/c28-22(26-19-10-12-20(13-11-19)27-16-4-9-23(27)29)14-15-25-24(21-8-5-17-30-21)18-6-2-1-3-7-18/h1-3,5-8,10-13,17,24-25H,4,9,14-16H2,(H,26,28)/p+1/t24-/m0/s1. The molecule has 2 heterocycles. The number of quaternary nitrogens is 1. The van der Waals surface area contributed by atoms with Crippen LogP contribution in [0.1, 0.15) is 35.7 Å². The van der Waals surface area contributed by atoms with Gasteiger partial charge in [-0.3, -0.25) is 9.59 Å². The molecular weight excluding hydrogens is 394 g/mol. The summed E-state index contributed by atoms with van der Waals surface area (Å²) in [6.45, 7) is 1.47. The van der Waals surface area contributed by atoms with Gasteiger partial charge in [0.2, 0.25) is 11.8 Å². The normalized spacial score (nSPS) is 14.7. The summed E-state index contributed by atoms with van der Waals surface area (Å²) < 4.78 is 0. The van der Waals surface area contributed by atoms with Crippen LogP contribution >= 0.6 is 11.3 Å². The van der Waals surface area contributed by atoms with E-state index in [0.717, 1.165) is 24.3 Å². The zero-order chi connectivity index (χ0) is 20.8. The smallest absolute Gasteiger partial charge is 0.230 e. The molecule has 6 heteroatoms. The molecule has 1 atom stereocenters. The van der Waals surface area contributed by atoms with E-state index >= 15 is 0 Å². The van der Waals surface area contributed by atoms with Crippen molar-refractivity contribution in [3.05, 3.63) is 82.6 Å². The second kappa shape index (κ2) is 9.69. The Labute approximate surface area is 180 Å². The molecular formula is C24H26N3O2S+. The number of nitrogens with two attached hydrogens (primary N) is 1. The Morgan fingerprint density at radius 3 is 2.53 bits per heavy atom. The van der Waals surface area contributed by atoms with E-state index in [-0.39, 0.29) is 17.9 Å². The van der Waals surface area contributed by atoms with Gasteiger partial charge in [-0.2, -0.15) is 0 Å². The molecule has 5 nitrogen and oxygen atoms in total. The third kappa shape index (κ3) is 4.96. The SMILES string of the molecule is O=C(CC[NH2+][C@@H](c1ccccc1)c1cccs1)Nc1ccc(N2CCCC2=O)cc1. The van der Waals surface area contributed by atoms with Gasteiger partial charge in [0.05, 0.1) is 17.8 Å². The van der Waals surface area contributed by atoms with Gasteiger partial charge in [0.1, 0.15) is 6.04 Å². The Morgan fingerprint density at radius 2 is 1.87 bits per heavy atom. The number of hydrogen-bond acceptors (Lipinski definition) is 3. The minimum atomic E-state index is -0.00533. The van der Waals surface area contributed by atoms with Gasteiger partial charge >= 0.3 is 0 Å². The third-order valence-corrected chi connectivity index (χ3v) is 6.27. The van der Waals surface area contributed by atoms with Gasteiger partial charge in [0.25, 0.3) is 0 Å². The number of amides is 2. The van der Waals surface area contributed by atoms with Crippen LogP contribution in [0, 0.1) is 0 Å². The van der Waals surface area contributed by atoms with Crippen molar-refractivity contribution >= 4 is 34.5 Å². The van der Waals surface area contributed by atoms with E-state index in [1.54, 1.807) is 16.2 Å². The first kappa shape index (κ1) is 20.3. The number of thiophene rings is 1. The average Bonchev–Trinajstić information content (AvgIpc) is 3.44. The molecule has 0 bridgehead atoms. The van der Waals surface area contributed by atoms with Crippen molar-refractivity contribution in [1.82, 2.24) is 0 Å². The van der Waals surface area contributed by atoms with Crippen LogP contribution < -0.4 is 15.5 Å². The van der Waals surface area contributed by atoms with Gasteiger partial charge in [-0.15, -0.1) is 11.3 Å². The molecule has 4 rings (SSSR count). The Hall–Kier alpha value is -2.96. The van der Waals surface area contributed by atoms with Crippen molar-refractivity contribution in [3.63, 3.8) is 0 Å². The molecule has 30 heavy (non-hydrogen) atoms. The Balaban J connectivity index is 1.30.